The molecule has 4 unspecified atom stereocenters. The normalized spacial score (nSPS) is 26.1. The summed E-state index contributed by atoms with van der Waals surface area (Å²) < 4.78 is 5.33. The standard InChI is InChI=1S/C35H38N8O6S/c1-49-24-13-11-21(12-14-24)28-29(32-37-16-17-50-32)41-43(40-28)23-18-27-31(45)39-35(34(47)48)19-22(35)8-5-3-2-4-6-9-26(33(46)42(27)20-23)38-30(44)25-10-7-15-36-25/h5,7-8,10-17,22-23,26-27,36H,2-4,6,9,18-20H2,1H3,(H,38,44)(H,39,45)(H,47,48)/b8-5-/t22?,23-,26?,27?,35?/m1/s1. The number of ether oxygens (including phenoxy) is 1. The maximum atomic E-state index is 14.5. The van der Waals surface area contributed by atoms with E-state index < -0.39 is 47.4 Å². The lowest BCUT2D eigenvalue weighted by Gasteiger charge is -2.29. The van der Waals surface area contributed by atoms with E-state index in [1.54, 1.807) is 31.6 Å². The minimum absolute atomic E-state index is 0.0727. The van der Waals surface area contributed by atoms with E-state index in [0.717, 1.165) is 24.8 Å². The zero-order valence-electron chi connectivity index (χ0n) is 27.4. The number of aromatic nitrogens is 5. The fourth-order valence-corrected chi connectivity index (χ4v) is 7.49. The summed E-state index contributed by atoms with van der Waals surface area (Å²) >= 11 is 1.42. The Morgan fingerprint density at radius 2 is 1.92 bits per heavy atom. The number of carbonyl (C=O) groups is 4. The molecule has 0 spiro atoms. The quantitative estimate of drug-likeness (QED) is 0.208. The number of methoxy groups -OCH3 is 1. The van der Waals surface area contributed by atoms with E-state index in [-0.39, 0.29) is 25.3 Å². The molecule has 2 aliphatic heterocycles. The summed E-state index contributed by atoms with van der Waals surface area (Å²) in [5.41, 5.74) is 0.797. The third-order valence-corrected chi connectivity index (χ3v) is 10.5. The molecule has 2 fully saturated rings. The molecule has 260 valence electrons. The zero-order chi connectivity index (χ0) is 34.8. The van der Waals surface area contributed by atoms with E-state index in [4.69, 9.17) is 14.9 Å². The molecule has 0 bridgehead atoms. The summed E-state index contributed by atoms with van der Waals surface area (Å²) in [7, 11) is 1.59. The van der Waals surface area contributed by atoms with Crippen LogP contribution in [0.4, 0.5) is 0 Å². The van der Waals surface area contributed by atoms with E-state index >= 15 is 0 Å². The first-order valence-corrected chi connectivity index (χ1v) is 17.6. The molecular weight excluding hydrogens is 661 g/mol. The topological polar surface area (TPSA) is 184 Å². The average Bonchev–Trinajstić information content (AvgIpc) is 3.77. The van der Waals surface area contributed by atoms with E-state index in [0.29, 0.717) is 40.7 Å². The Labute approximate surface area is 291 Å². The number of rotatable bonds is 7. The summed E-state index contributed by atoms with van der Waals surface area (Å²) in [6.45, 7) is 0.0727. The number of carboxylic acids is 1. The van der Waals surface area contributed by atoms with E-state index in [1.807, 2.05) is 41.8 Å². The Hall–Kier alpha value is -5.31. The van der Waals surface area contributed by atoms with E-state index in [2.05, 4.69) is 20.6 Å². The van der Waals surface area contributed by atoms with Gasteiger partial charge in [-0.3, -0.25) is 14.4 Å². The number of hydrogen-bond acceptors (Lipinski definition) is 9. The highest BCUT2D eigenvalue weighted by Gasteiger charge is 2.61. The number of nitrogens with one attached hydrogen (secondary N) is 3. The molecule has 3 aliphatic rings. The number of carbonyl (C=O) groups excluding carboxylic acids is 3. The second-order valence-corrected chi connectivity index (χ2v) is 13.8. The lowest BCUT2D eigenvalue weighted by atomic mass is 10.0. The van der Waals surface area contributed by atoms with Gasteiger partial charge >= 0.3 is 5.97 Å². The summed E-state index contributed by atoms with van der Waals surface area (Å²) in [6, 6.07) is 8.28. The van der Waals surface area contributed by atoms with Crippen molar-refractivity contribution in [2.45, 2.75) is 68.6 Å². The summed E-state index contributed by atoms with van der Waals surface area (Å²) in [5.74, 6) is -2.18. The fraction of sp³-hybridized carbons (Fsp3) is 0.400. The Balaban J connectivity index is 1.24. The van der Waals surface area contributed by atoms with E-state index in [9.17, 15) is 24.3 Å². The SMILES string of the molecule is COc1ccc(-c2nn([C@@H]3CC4C(=O)NC5(C(=O)O)CC5/C=C\CCCCCC(NC(=O)c5ccc[nH]5)C(=O)N4C3)nc2-c2nccs2)cc1. The molecule has 4 N–H and O–H groups in total. The predicted octanol–water partition coefficient (Wildman–Crippen LogP) is 3.83. The predicted molar refractivity (Wildman–Crippen MR) is 183 cm³/mol. The molecular formula is C35H38N8O6S. The second kappa shape index (κ2) is 13.9. The first-order valence-electron chi connectivity index (χ1n) is 16.8. The highest BCUT2D eigenvalue weighted by molar-refractivity contribution is 7.13. The minimum atomic E-state index is -1.44. The van der Waals surface area contributed by atoms with Crippen molar-refractivity contribution in [3.8, 4) is 27.7 Å². The molecule has 1 saturated carbocycles. The molecule has 1 aromatic carbocycles. The van der Waals surface area contributed by atoms with Crippen LogP contribution in [0.1, 0.15) is 61.5 Å². The molecule has 4 aromatic rings. The van der Waals surface area contributed by atoms with Gasteiger partial charge in [0.05, 0.1) is 13.2 Å². The van der Waals surface area contributed by atoms with Gasteiger partial charge in [-0.15, -0.1) is 16.4 Å². The lowest BCUT2D eigenvalue weighted by molar-refractivity contribution is -0.145. The van der Waals surface area contributed by atoms with Gasteiger partial charge in [-0.2, -0.15) is 9.90 Å². The number of benzene rings is 1. The Morgan fingerprint density at radius 3 is 2.64 bits per heavy atom. The van der Waals surface area contributed by atoms with Gasteiger partial charge in [0.15, 0.2) is 0 Å². The number of carboxylic acid groups (broad SMARTS) is 1. The molecule has 50 heavy (non-hydrogen) atoms. The number of H-pyrrole nitrogens is 1. The fourth-order valence-electron chi connectivity index (χ4n) is 6.87. The first kappa shape index (κ1) is 33.2. The van der Waals surface area contributed by atoms with Crippen LogP contribution in [-0.2, 0) is 14.4 Å². The summed E-state index contributed by atoms with van der Waals surface area (Å²) in [4.78, 5) is 64.6. The molecule has 5 heterocycles. The molecule has 3 amide bonds. The van der Waals surface area contributed by atoms with Gasteiger partial charge in [0.25, 0.3) is 5.91 Å². The number of amides is 3. The van der Waals surface area contributed by atoms with Crippen molar-refractivity contribution in [3.63, 3.8) is 0 Å². The van der Waals surface area contributed by atoms with Gasteiger partial charge in [0.1, 0.15) is 45.5 Å². The van der Waals surface area contributed by atoms with Crippen molar-refractivity contribution in [1.82, 2.24) is 40.5 Å². The highest BCUT2D eigenvalue weighted by atomic mass is 32.1. The minimum Gasteiger partial charge on any atom is -0.497 e. The molecule has 1 saturated heterocycles. The Bertz CT molecular complexity index is 1890. The van der Waals surface area contributed by atoms with Crippen LogP contribution in [-0.4, -0.2) is 89.9 Å². The van der Waals surface area contributed by atoms with Crippen molar-refractivity contribution in [1.29, 1.82) is 0 Å². The number of thiazole rings is 1. The third-order valence-electron chi connectivity index (χ3n) is 9.74. The molecule has 7 rings (SSSR count). The van der Waals surface area contributed by atoms with Gasteiger partial charge in [-0.25, -0.2) is 9.78 Å². The number of aliphatic carboxylic acids is 1. The molecule has 0 radical (unpaired) electrons. The van der Waals surface area contributed by atoms with Crippen molar-refractivity contribution >= 4 is 35.0 Å². The summed E-state index contributed by atoms with van der Waals surface area (Å²) in [5, 5.41) is 28.2. The maximum Gasteiger partial charge on any atom is 0.330 e. The van der Waals surface area contributed by atoms with E-state index in [1.165, 1.54) is 21.0 Å². The van der Waals surface area contributed by atoms with Crippen molar-refractivity contribution in [2.75, 3.05) is 13.7 Å². The third kappa shape index (κ3) is 6.52. The number of allylic oxidation sites excluding steroid dienone is 1. The Kier molecular flexibility index (Phi) is 9.23. The molecule has 1 aliphatic carbocycles. The molecule has 3 aromatic heterocycles. The number of nitrogens with zero attached hydrogens (tertiary/aromatic N) is 5. The Morgan fingerprint density at radius 1 is 1.10 bits per heavy atom. The van der Waals surface area contributed by atoms with Crippen LogP contribution < -0.4 is 15.4 Å². The van der Waals surface area contributed by atoms with Crippen LogP contribution >= 0.6 is 11.3 Å². The van der Waals surface area contributed by atoms with Crippen molar-refractivity contribution in [3.05, 3.63) is 72.0 Å². The van der Waals surface area contributed by atoms with Gasteiger partial charge in [-0.05, 0) is 62.1 Å². The van der Waals surface area contributed by atoms with Crippen LogP contribution in [0.15, 0.2) is 66.3 Å². The number of aromatic amines is 1. The highest BCUT2D eigenvalue weighted by Crippen LogP contribution is 2.45. The van der Waals surface area contributed by atoms with Crippen molar-refractivity contribution < 1.29 is 29.0 Å². The van der Waals surface area contributed by atoms with Gasteiger partial charge < -0.3 is 30.4 Å². The largest absolute Gasteiger partial charge is 0.497 e. The monoisotopic (exact) mass is 698 g/mol. The van der Waals surface area contributed by atoms with Crippen molar-refractivity contribution in [2.24, 2.45) is 5.92 Å². The van der Waals surface area contributed by atoms with Gasteiger partial charge in [-0.1, -0.05) is 25.0 Å². The summed E-state index contributed by atoms with van der Waals surface area (Å²) in [6.07, 6.45) is 11.0. The van der Waals surface area contributed by atoms with Crippen LogP contribution in [0, 0.1) is 5.92 Å². The van der Waals surface area contributed by atoms with Crippen LogP contribution in [0.2, 0.25) is 0 Å². The van der Waals surface area contributed by atoms with Gasteiger partial charge in [0, 0.05) is 42.2 Å². The smallest absolute Gasteiger partial charge is 0.330 e. The first-order chi connectivity index (χ1) is 24.3. The number of fused-ring (bicyclic) bond motifs is 2. The van der Waals surface area contributed by atoms with Crippen LogP contribution in [0.25, 0.3) is 22.0 Å². The number of hydrogen-bond donors (Lipinski definition) is 4. The second-order valence-electron chi connectivity index (χ2n) is 12.9. The maximum absolute atomic E-state index is 14.5. The molecule has 15 heteroatoms. The lowest BCUT2D eigenvalue weighted by Crippen LogP contribution is -2.56. The van der Waals surface area contributed by atoms with Crippen LogP contribution in [0.5, 0.6) is 5.75 Å². The average molecular weight is 699 g/mol. The zero-order valence-corrected chi connectivity index (χ0v) is 28.3. The van der Waals surface area contributed by atoms with Gasteiger partial charge in [0.2, 0.25) is 11.8 Å². The van der Waals surface area contributed by atoms with Crippen LogP contribution in [0.3, 0.4) is 0 Å². The molecule has 14 nitrogen and oxygen atoms in total. The molecule has 5 atom stereocenters.